The molecule has 100 valence electrons. The Morgan fingerprint density at radius 3 is 2.61 bits per heavy atom. The van der Waals surface area contributed by atoms with Gasteiger partial charge in [0.25, 0.3) is 0 Å². The standard InChI is InChI=1S/C13H17Cl2NO2/c1-3-16(9(2)6-13(17)18)8-10-4-5-11(14)7-12(10)15/h4-5,7,9H,3,6,8H2,1-2H3,(H,17,18). The van der Waals surface area contributed by atoms with Gasteiger partial charge in [-0.05, 0) is 31.2 Å². The predicted molar refractivity (Wildman–Crippen MR) is 74.3 cm³/mol. The van der Waals surface area contributed by atoms with Gasteiger partial charge in [0.15, 0.2) is 0 Å². The highest BCUT2D eigenvalue weighted by molar-refractivity contribution is 6.35. The molecule has 0 bridgehead atoms. The molecule has 0 aliphatic rings. The number of halogens is 2. The number of carboxylic acids is 1. The Balaban J connectivity index is 2.76. The molecule has 5 heteroatoms. The maximum absolute atomic E-state index is 10.7. The summed E-state index contributed by atoms with van der Waals surface area (Å²) in [5, 5.41) is 10.0. The third-order valence-corrected chi connectivity index (χ3v) is 3.48. The van der Waals surface area contributed by atoms with Gasteiger partial charge in [-0.15, -0.1) is 0 Å². The van der Waals surface area contributed by atoms with Crippen LogP contribution in [0, 0.1) is 0 Å². The number of nitrogens with zero attached hydrogens (tertiary/aromatic N) is 1. The summed E-state index contributed by atoms with van der Waals surface area (Å²) in [5.74, 6) is -0.789. The van der Waals surface area contributed by atoms with Crippen LogP contribution in [0.4, 0.5) is 0 Å². The fourth-order valence-corrected chi connectivity index (χ4v) is 2.30. The van der Waals surface area contributed by atoms with Crippen LogP contribution in [0.1, 0.15) is 25.8 Å². The highest BCUT2D eigenvalue weighted by Crippen LogP contribution is 2.23. The molecule has 0 spiro atoms. The van der Waals surface area contributed by atoms with Crippen LogP contribution < -0.4 is 0 Å². The highest BCUT2D eigenvalue weighted by Gasteiger charge is 2.16. The minimum absolute atomic E-state index is 0.0285. The first-order valence-electron chi connectivity index (χ1n) is 5.83. The molecule has 1 aromatic carbocycles. The third kappa shape index (κ3) is 4.48. The van der Waals surface area contributed by atoms with Gasteiger partial charge in [-0.2, -0.15) is 0 Å². The zero-order valence-electron chi connectivity index (χ0n) is 10.5. The van der Waals surface area contributed by atoms with Crippen molar-refractivity contribution in [2.75, 3.05) is 6.54 Å². The Labute approximate surface area is 117 Å². The number of benzene rings is 1. The summed E-state index contributed by atoms with van der Waals surface area (Å²) in [7, 11) is 0. The van der Waals surface area contributed by atoms with Gasteiger partial charge in [0.05, 0.1) is 6.42 Å². The van der Waals surface area contributed by atoms with E-state index in [1.165, 1.54) is 0 Å². The maximum atomic E-state index is 10.7. The molecule has 1 N–H and O–H groups in total. The Kier molecular flexibility index (Phi) is 5.93. The van der Waals surface area contributed by atoms with Gasteiger partial charge in [-0.3, -0.25) is 9.69 Å². The van der Waals surface area contributed by atoms with Crippen LogP contribution in [0.5, 0.6) is 0 Å². The van der Waals surface area contributed by atoms with E-state index in [1.54, 1.807) is 12.1 Å². The molecule has 0 aliphatic carbocycles. The molecule has 1 atom stereocenters. The average molecular weight is 290 g/mol. The molecule has 0 radical (unpaired) electrons. The van der Waals surface area contributed by atoms with Crippen molar-refractivity contribution >= 4 is 29.2 Å². The number of rotatable bonds is 6. The SMILES string of the molecule is CCN(Cc1ccc(Cl)cc1Cl)C(C)CC(=O)O. The van der Waals surface area contributed by atoms with Crippen molar-refractivity contribution in [2.24, 2.45) is 0 Å². The van der Waals surface area contributed by atoms with Crippen molar-refractivity contribution in [3.05, 3.63) is 33.8 Å². The lowest BCUT2D eigenvalue weighted by atomic mass is 10.1. The van der Waals surface area contributed by atoms with E-state index in [1.807, 2.05) is 19.9 Å². The van der Waals surface area contributed by atoms with Crippen LogP contribution in [0.25, 0.3) is 0 Å². The minimum atomic E-state index is -0.789. The number of hydrogen-bond donors (Lipinski definition) is 1. The molecule has 1 unspecified atom stereocenters. The second-order valence-electron chi connectivity index (χ2n) is 4.25. The van der Waals surface area contributed by atoms with E-state index in [9.17, 15) is 4.79 Å². The first-order chi connectivity index (χ1) is 8.43. The van der Waals surface area contributed by atoms with E-state index >= 15 is 0 Å². The molecular formula is C13H17Cl2NO2. The van der Waals surface area contributed by atoms with Gasteiger partial charge in [0.1, 0.15) is 0 Å². The first kappa shape index (κ1) is 15.3. The van der Waals surface area contributed by atoms with Crippen molar-refractivity contribution in [1.82, 2.24) is 4.90 Å². The zero-order valence-corrected chi connectivity index (χ0v) is 12.0. The number of carboxylic acid groups (broad SMARTS) is 1. The Morgan fingerprint density at radius 2 is 2.11 bits per heavy atom. The lowest BCUT2D eigenvalue weighted by Crippen LogP contribution is -2.34. The van der Waals surface area contributed by atoms with Gasteiger partial charge in [0.2, 0.25) is 0 Å². The third-order valence-electron chi connectivity index (χ3n) is 2.89. The van der Waals surface area contributed by atoms with Gasteiger partial charge < -0.3 is 5.11 Å². The van der Waals surface area contributed by atoms with Crippen LogP contribution in [-0.2, 0) is 11.3 Å². The zero-order chi connectivity index (χ0) is 13.7. The van der Waals surface area contributed by atoms with Gasteiger partial charge in [-0.25, -0.2) is 0 Å². The van der Waals surface area contributed by atoms with Gasteiger partial charge >= 0.3 is 5.97 Å². The molecule has 0 aromatic heterocycles. The van der Waals surface area contributed by atoms with E-state index in [4.69, 9.17) is 28.3 Å². The van der Waals surface area contributed by atoms with Crippen LogP contribution in [0.15, 0.2) is 18.2 Å². The quantitative estimate of drug-likeness (QED) is 0.868. The molecule has 0 saturated carbocycles. The lowest BCUT2D eigenvalue weighted by Gasteiger charge is -2.27. The molecule has 0 heterocycles. The molecule has 0 saturated heterocycles. The molecule has 1 rings (SSSR count). The van der Waals surface area contributed by atoms with Crippen molar-refractivity contribution in [2.45, 2.75) is 32.9 Å². The van der Waals surface area contributed by atoms with Gasteiger partial charge in [0, 0.05) is 22.6 Å². The van der Waals surface area contributed by atoms with E-state index in [2.05, 4.69) is 4.90 Å². The summed E-state index contributed by atoms with van der Waals surface area (Å²) in [5.41, 5.74) is 0.958. The number of carbonyl (C=O) groups is 1. The van der Waals surface area contributed by atoms with E-state index < -0.39 is 5.97 Å². The fourth-order valence-electron chi connectivity index (χ4n) is 1.83. The Bertz CT molecular complexity index is 423. The largest absolute Gasteiger partial charge is 0.481 e. The van der Waals surface area contributed by atoms with Crippen LogP contribution >= 0.6 is 23.2 Å². The summed E-state index contributed by atoms with van der Waals surface area (Å²) in [4.78, 5) is 12.8. The summed E-state index contributed by atoms with van der Waals surface area (Å²) < 4.78 is 0. The smallest absolute Gasteiger partial charge is 0.304 e. The normalized spacial score (nSPS) is 12.7. The van der Waals surface area contributed by atoms with Crippen molar-refractivity contribution in [3.8, 4) is 0 Å². The van der Waals surface area contributed by atoms with E-state index in [-0.39, 0.29) is 12.5 Å². The molecule has 18 heavy (non-hydrogen) atoms. The molecule has 0 aliphatic heterocycles. The summed E-state index contributed by atoms with van der Waals surface area (Å²) in [6, 6.07) is 5.34. The molecule has 3 nitrogen and oxygen atoms in total. The number of hydrogen-bond acceptors (Lipinski definition) is 2. The average Bonchev–Trinajstić information content (AvgIpc) is 2.27. The molecule has 0 amide bonds. The van der Waals surface area contributed by atoms with Crippen molar-refractivity contribution < 1.29 is 9.90 Å². The monoisotopic (exact) mass is 289 g/mol. The van der Waals surface area contributed by atoms with Crippen molar-refractivity contribution in [3.63, 3.8) is 0 Å². The summed E-state index contributed by atoms with van der Waals surface area (Å²) in [6.45, 7) is 5.30. The van der Waals surface area contributed by atoms with Crippen molar-refractivity contribution in [1.29, 1.82) is 0 Å². The number of aliphatic carboxylic acids is 1. The Hall–Kier alpha value is -0.770. The van der Waals surface area contributed by atoms with Gasteiger partial charge in [-0.1, -0.05) is 36.2 Å². The second-order valence-corrected chi connectivity index (χ2v) is 5.09. The topological polar surface area (TPSA) is 40.5 Å². The first-order valence-corrected chi connectivity index (χ1v) is 6.59. The maximum Gasteiger partial charge on any atom is 0.304 e. The lowest BCUT2D eigenvalue weighted by molar-refractivity contribution is -0.138. The molecular weight excluding hydrogens is 273 g/mol. The second kappa shape index (κ2) is 6.98. The van der Waals surface area contributed by atoms with Crippen LogP contribution in [0.2, 0.25) is 10.0 Å². The fraction of sp³-hybridized carbons (Fsp3) is 0.462. The summed E-state index contributed by atoms with van der Waals surface area (Å²) in [6.07, 6.45) is 0.124. The Morgan fingerprint density at radius 1 is 1.44 bits per heavy atom. The highest BCUT2D eigenvalue weighted by atomic mass is 35.5. The molecule has 1 aromatic rings. The van der Waals surface area contributed by atoms with Crippen LogP contribution in [0.3, 0.4) is 0 Å². The van der Waals surface area contributed by atoms with Crippen LogP contribution in [-0.4, -0.2) is 28.6 Å². The summed E-state index contributed by atoms with van der Waals surface area (Å²) >= 11 is 12.0. The molecule has 0 fully saturated rings. The minimum Gasteiger partial charge on any atom is -0.481 e. The van der Waals surface area contributed by atoms with E-state index in [0.29, 0.717) is 16.6 Å². The van der Waals surface area contributed by atoms with E-state index in [0.717, 1.165) is 12.1 Å². The predicted octanol–water partition coefficient (Wildman–Crippen LogP) is 3.68.